The second-order valence-electron chi connectivity index (χ2n) is 6.78. The topological polar surface area (TPSA) is 49.4 Å². The van der Waals surface area contributed by atoms with Gasteiger partial charge in [-0.3, -0.25) is 19.8 Å². The predicted octanol–water partition coefficient (Wildman–Crippen LogP) is 2.00. The zero-order valence-corrected chi connectivity index (χ0v) is 12.0. The first kappa shape index (κ1) is 12.3. The van der Waals surface area contributed by atoms with E-state index in [1.807, 2.05) is 0 Å². The van der Waals surface area contributed by atoms with E-state index in [1.54, 1.807) is 0 Å². The molecule has 1 heterocycles. The van der Waals surface area contributed by atoms with Crippen molar-refractivity contribution in [2.75, 3.05) is 0 Å². The van der Waals surface area contributed by atoms with Gasteiger partial charge >= 0.3 is 11.8 Å². The molecule has 1 saturated heterocycles. The Labute approximate surface area is 121 Å². The van der Waals surface area contributed by atoms with Gasteiger partial charge in [-0.25, -0.2) is 0 Å². The molecule has 5 rings (SSSR count). The predicted molar refractivity (Wildman–Crippen MR) is 70.3 cm³/mol. The first-order valence-electron chi connectivity index (χ1n) is 6.94. The van der Waals surface area contributed by atoms with Gasteiger partial charge in [-0.05, 0) is 56.3 Å². The number of hydrogen-bond donors (Lipinski definition) is 1. The van der Waals surface area contributed by atoms with Gasteiger partial charge in [0.1, 0.15) is 0 Å². The number of alkyl halides is 2. The van der Waals surface area contributed by atoms with E-state index in [0.29, 0.717) is 17.8 Å². The fourth-order valence-electron chi connectivity index (χ4n) is 5.33. The van der Waals surface area contributed by atoms with Crippen molar-refractivity contribution in [3.63, 3.8) is 0 Å². The summed E-state index contributed by atoms with van der Waals surface area (Å²) in [5.74, 6) is 0.754. The van der Waals surface area contributed by atoms with Gasteiger partial charge in [-0.1, -0.05) is 23.2 Å². The van der Waals surface area contributed by atoms with Crippen molar-refractivity contribution >= 4 is 35.0 Å². The third-order valence-electron chi connectivity index (χ3n) is 5.42. The molecule has 4 nitrogen and oxygen atoms in total. The van der Waals surface area contributed by atoms with Crippen LogP contribution in [0.4, 0.5) is 0 Å². The molecule has 19 heavy (non-hydrogen) atoms. The van der Waals surface area contributed by atoms with Crippen LogP contribution in [-0.2, 0) is 9.59 Å². The van der Waals surface area contributed by atoms with Gasteiger partial charge < -0.3 is 0 Å². The summed E-state index contributed by atoms with van der Waals surface area (Å²) >= 11 is 12.4. The van der Waals surface area contributed by atoms with Crippen molar-refractivity contribution in [1.29, 1.82) is 0 Å². The molecule has 4 bridgehead atoms. The zero-order chi connectivity index (χ0) is 13.4. The number of rotatable bonds is 1. The molecule has 0 aromatic heterocycles. The molecule has 0 unspecified atom stereocenters. The van der Waals surface area contributed by atoms with Crippen LogP contribution in [0.2, 0.25) is 0 Å². The van der Waals surface area contributed by atoms with Gasteiger partial charge in [-0.15, -0.1) is 0 Å². The van der Waals surface area contributed by atoms with Crippen LogP contribution in [0.5, 0.6) is 0 Å². The molecule has 0 aromatic rings. The van der Waals surface area contributed by atoms with E-state index in [-0.39, 0.29) is 5.54 Å². The summed E-state index contributed by atoms with van der Waals surface area (Å²) in [5, 5.41) is 2.39. The molecule has 0 spiro atoms. The van der Waals surface area contributed by atoms with Gasteiger partial charge in [0.05, 0.1) is 0 Å². The van der Waals surface area contributed by atoms with E-state index in [9.17, 15) is 9.59 Å². The fraction of sp³-hybridized carbons (Fsp3) is 0.846. The molecule has 6 heteroatoms. The van der Waals surface area contributed by atoms with Crippen molar-refractivity contribution in [2.45, 2.75) is 48.6 Å². The molecule has 2 amide bonds. The van der Waals surface area contributed by atoms with E-state index in [1.165, 1.54) is 24.2 Å². The minimum atomic E-state index is -1.57. The van der Waals surface area contributed by atoms with Gasteiger partial charge in [0.25, 0.3) is 4.58 Å². The zero-order valence-electron chi connectivity index (χ0n) is 10.5. The highest BCUT2D eigenvalue weighted by atomic mass is 35.5. The molecule has 4 aliphatic carbocycles. The molecule has 0 atom stereocenters. The van der Waals surface area contributed by atoms with Crippen LogP contribution in [0.1, 0.15) is 38.5 Å². The summed E-state index contributed by atoms with van der Waals surface area (Å²) in [6, 6.07) is 0. The summed E-state index contributed by atoms with van der Waals surface area (Å²) in [6.45, 7) is 0. The van der Waals surface area contributed by atoms with Gasteiger partial charge in [0, 0.05) is 5.54 Å². The Balaban J connectivity index is 1.75. The van der Waals surface area contributed by atoms with Crippen LogP contribution < -0.4 is 5.32 Å². The Hall–Kier alpha value is -0.480. The van der Waals surface area contributed by atoms with Crippen LogP contribution in [0, 0.1) is 17.8 Å². The molecule has 0 aromatic carbocycles. The minimum Gasteiger partial charge on any atom is -0.299 e. The Bertz CT molecular complexity index is 442. The Morgan fingerprint density at radius 2 is 1.47 bits per heavy atom. The lowest BCUT2D eigenvalue weighted by molar-refractivity contribution is -0.153. The van der Waals surface area contributed by atoms with Crippen molar-refractivity contribution < 1.29 is 9.59 Å². The van der Waals surface area contributed by atoms with Crippen molar-refractivity contribution in [3.8, 4) is 0 Å². The monoisotopic (exact) mass is 302 g/mol. The Morgan fingerprint density at radius 1 is 1.00 bits per heavy atom. The van der Waals surface area contributed by atoms with Crippen LogP contribution in [0.15, 0.2) is 0 Å². The number of nitrogens with zero attached hydrogens (tertiary/aromatic N) is 1. The summed E-state index contributed by atoms with van der Waals surface area (Å²) in [4.78, 5) is 25.3. The number of carbonyl (C=O) groups excluding carboxylic acids is 2. The number of amides is 2. The average molecular weight is 303 g/mol. The Kier molecular flexibility index (Phi) is 2.32. The average Bonchev–Trinajstić information content (AvgIpc) is 2.45. The number of nitrogens with one attached hydrogen (secondary N) is 1. The van der Waals surface area contributed by atoms with Gasteiger partial charge in [0.15, 0.2) is 0 Å². The first-order chi connectivity index (χ1) is 8.90. The van der Waals surface area contributed by atoms with Gasteiger partial charge in [0.2, 0.25) is 0 Å². The van der Waals surface area contributed by atoms with Gasteiger partial charge in [-0.2, -0.15) is 0 Å². The van der Waals surface area contributed by atoms with E-state index in [2.05, 4.69) is 5.32 Å². The van der Waals surface area contributed by atoms with Crippen LogP contribution in [0.3, 0.4) is 0 Å². The van der Waals surface area contributed by atoms with Crippen molar-refractivity contribution in [3.05, 3.63) is 0 Å². The highest BCUT2D eigenvalue weighted by molar-refractivity contribution is 6.55. The molecular weight excluding hydrogens is 287 g/mol. The molecule has 0 radical (unpaired) electrons. The second kappa shape index (κ2) is 3.59. The lowest BCUT2D eigenvalue weighted by Gasteiger charge is -2.60. The maximum atomic E-state index is 12.2. The summed E-state index contributed by atoms with van der Waals surface area (Å²) in [7, 11) is 0. The standard InChI is InChI=1S/C13H16Cl2N2O2/c14-13(15)16-10(18)11(19)17(13)12-4-7-1-8(5-12)3-9(2-7)6-12/h7-9H,1-6H2,(H,16,18). The lowest BCUT2D eigenvalue weighted by atomic mass is 9.52. The molecule has 5 aliphatic rings. The van der Waals surface area contributed by atoms with Crippen molar-refractivity contribution in [1.82, 2.24) is 10.2 Å². The Morgan fingerprint density at radius 3 is 1.84 bits per heavy atom. The highest BCUT2D eigenvalue weighted by Gasteiger charge is 2.62. The maximum Gasteiger partial charge on any atom is 0.316 e. The number of halogens is 2. The molecule has 5 fully saturated rings. The van der Waals surface area contributed by atoms with Crippen LogP contribution in [0.25, 0.3) is 0 Å². The lowest BCUT2D eigenvalue weighted by Crippen LogP contribution is -2.64. The summed E-state index contributed by atoms with van der Waals surface area (Å²) in [6.07, 6.45) is 6.63. The molecule has 104 valence electrons. The van der Waals surface area contributed by atoms with E-state index >= 15 is 0 Å². The third-order valence-corrected chi connectivity index (χ3v) is 5.95. The third kappa shape index (κ3) is 1.59. The largest absolute Gasteiger partial charge is 0.316 e. The number of carbonyl (C=O) groups is 2. The van der Waals surface area contributed by atoms with Crippen LogP contribution >= 0.6 is 23.2 Å². The first-order valence-corrected chi connectivity index (χ1v) is 7.70. The maximum absolute atomic E-state index is 12.2. The molecule has 1 N–H and O–H groups in total. The quantitative estimate of drug-likeness (QED) is 0.457. The molecule has 4 saturated carbocycles. The van der Waals surface area contributed by atoms with E-state index in [4.69, 9.17) is 23.2 Å². The molecule has 1 aliphatic heterocycles. The van der Waals surface area contributed by atoms with E-state index in [0.717, 1.165) is 19.3 Å². The minimum absolute atomic E-state index is 0.297. The highest BCUT2D eigenvalue weighted by Crippen LogP contribution is 2.59. The smallest absolute Gasteiger partial charge is 0.299 e. The van der Waals surface area contributed by atoms with E-state index < -0.39 is 16.4 Å². The summed E-state index contributed by atoms with van der Waals surface area (Å²) in [5.41, 5.74) is -0.297. The normalized spacial score (nSPS) is 46.8. The fourth-order valence-corrected chi connectivity index (χ4v) is 6.01. The van der Waals surface area contributed by atoms with Crippen LogP contribution in [-0.4, -0.2) is 26.8 Å². The second-order valence-corrected chi connectivity index (χ2v) is 8.07. The SMILES string of the molecule is O=C1NC(Cl)(Cl)N(C23CC4CC(CC(C4)C2)C3)C1=O. The number of hydrogen-bond acceptors (Lipinski definition) is 2. The summed E-state index contributed by atoms with van der Waals surface area (Å²) < 4.78 is -1.57. The van der Waals surface area contributed by atoms with Crippen molar-refractivity contribution in [2.24, 2.45) is 17.8 Å². The molecular formula is C13H16Cl2N2O2.